The Kier molecular flexibility index (Phi) is 5.21. The number of hydrogen-bond acceptors (Lipinski definition) is 4. The number of rotatable bonds is 3. The lowest BCUT2D eigenvalue weighted by Gasteiger charge is -2.37. The Bertz CT molecular complexity index is 1300. The van der Waals surface area contributed by atoms with Crippen LogP contribution in [0.15, 0.2) is 48.7 Å². The minimum Gasteiger partial charge on any atom is -0.368 e. The molecule has 0 bridgehead atoms. The van der Waals surface area contributed by atoms with E-state index in [0.29, 0.717) is 13.1 Å². The fraction of sp³-hybridized carbons (Fsp3) is 0.280. The van der Waals surface area contributed by atoms with Crippen molar-refractivity contribution in [1.29, 1.82) is 0 Å². The summed E-state index contributed by atoms with van der Waals surface area (Å²) in [7, 11) is 0. The van der Waals surface area contributed by atoms with Crippen LogP contribution in [0, 0.1) is 26.6 Å². The summed E-state index contributed by atoms with van der Waals surface area (Å²) in [6.07, 6.45) is 1.92. The zero-order chi connectivity index (χ0) is 22.4. The monoisotopic (exact) mass is 448 g/mol. The number of thiazole rings is 1. The molecule has 0 radical (unpaired) electrons. The van der Waals surface area contributed by atoms with Crippen molar-refractivity contribution >= 4 is 27.9 Å². The molecular weight excluding hydrogens is 423 g/mol. The molecule has 4 aromatic rings. The van der Waals surface area contributed by atoms with Crippen molar-refractivity contribution < 1.29 is 9.18 Å². The zero-order valence-electron chi connectivity index (χ0n) is 18.4. The maximum absolute atomic E-state index is 13.3. The second-order valence-corrected chi connectivity index (χ2v) is 9.28. The molecule has 2 aromatic carbocycles. The number of nitrogens with zero attached hydrogens (tertiary/aromatic N) is 4. The second-order valence-electron chi connectivity index (χ2n) is 8.30. The summed E-state index contributed by atoms with van der Waals surface area (Å²) in [6.45, 7) is 9.31. The van der Waals surface area contributed by atoms with E-state index in [-0.39, 0.29) is 11.7 Å². The maximum Gasteiger partial charge on any atom is 0.265 e. The first-order valence-electron chi connectivity index (χ1n) is 10.8. The molecule has 0 N–H and O–H groups in total. The summed E-state index contributed by atoms with van der Waals surface area (Å²) < 4.78 is 15.2. The van der Waals surface area contributed by atoms with Crippen LogP contribution in [0.1, 0.15) is 26.5 Å². The number of anilines is 1. The van der Waals surface area contributed by atoms with Gasteiger partial charge < -0.3 is 9.80 Å². The molecule has 3 heterocycles. The minimum atomic E-state index is -0.267. The van der Waals surface area contributed by atoms with Gasteiger partial charge in [0.1, 0.15) is 10.7 Å². The summed E-state index contributed by atoms with van der Waals surface area (Å²) in [4.78, 5) is 23.8. The number of imidazole rings is 1. The number of hydrogen-bond donors (Lipinski definition) is 0. The molecular formula is C25H25FN4OS. The Labute approximate surface area is 190 Å². The molecule has 1 aliphatic heterocycles. The van der Waals surface area contributed by atoms with Crippen LogP contribution in [0.3, 0.4) is 0 Å². The quantitative estimate of drug-likeness (QED) is 0.438. The van der Waals surface area contributed by atoms with Gasteiger partial charge >= 0.3 is 0 Å². The van der Waals surface area contributed by atoms with Crippen molar-refractivity contribution in [2.75, 3.05) is 31.1 Å². The van der Waals surface area contributed by atoms with Gasteiger partial charge in [-0.25, -0.2) is 9.37 Å². The van der Waals surface area contributed by atoms with Crippen LogP contribution in [0.2, 0.25) is 0 Å². The molecule has 5 rings (SSSR count). The number of aromatic nitrogens is 2. The van der Waals surface area contributed by atoms with E-state index in [0.717, 1.165) is 39.9 Å². The fourth-order valence-corrected chi connectivity index (χ4v) is 5.36. The van der Waals surface area contributed by atoms with Gasteiger partial charge in [-0.05, 0) is 62.2 Å². The van der Waals surface area contributed by atoms with Crippen molar-refractivity contribution in [3.8, 4) is 11.3 Å². The third kappa shape index (κ3) is 3.56. The topological polar surface area (TPSA) is 40.8 Å². The number of carbonyl (C=O) groups excluding carboxylic acids is 1. The lowest BCUT2D eigenvalue weighted by Crippen LogP contribution is -2.49. The Morgan fingerprint density at radius 2 is 1.72 bits per heavy atom. The maximum atomic E-state index is 13.3. The van der Waals surface area contributed by atoms with E-state index in [1.165, 1.54) is 40.3 Å². The van der Waals surface area contributed by atoms with Crippen LogP contribution in [-0.4, -0.2) is 46.4 Å². The standard InChI is InChI=1S/C25H25FN4OS/c1-16-5-4-6-22(17(16)2)28-11-13-29(14-12-28)24(31)23-18(3)30-15-21(27-25(30)32-23)19-7-9-20(26)10-8-19/h4-10,15H,11-14H2,1-3H3. The number of carbonyl (C=O) groups is 1. The largest absolute Gasteiger partial charge is 0.368 e. The van der Waals surface area contributed by atoms with E-state index in [1.807, 2.05) is 22.4 Å². The summed E-state index contributed by atoms with van der Waals surface area (Å²) >= 11 is 1.42. The van der Waals surface area contributed by atoms with Gasteiger partial charge in [0.25, 0.3) is 5.91 Å². The lowest BCUT2D eigenvalue weighted by molar-refractivity contribution is 0.0750. The predicted molar refractivity (Wildman–Crippen MR) is 127 cm³/mol. The first-order chi connectivity index (χ1) is 15.4. The van der Waals surface area contributed by atoms with Crippen molar-refractivity contribution in [3.63, 3.8) is 0 Å². The minimum absolute atomic E-state index is 0.0712. The van der Waals surface area contributed by atoms with E-state index in [2.05, 4.69) is 41.9 Å². The molecule has 1 fully saturated rings. The Morgan fingerprint density at radius 3 is 2.41 bits per heavy atom. The third-order valence-electron chi connectivity index (χ3n) is 6.37. The highest BCUT2D eigenvalue weighted by molar-refractivity contribution is 7.19. The van der Waals surface area contributed by atoms with E-state index < -0.39 is 0 Å². The van der Waals surface area contributed by atoms with E-state index >= 15 is 0 Å². The second kappa shape index (κ2) is 8.06. The lowest BCUT2D eigenvalue weighted by atomic mass is 10.1. The molecule has 5 nitrogen and oxygen atoms in total. The van der Waals surface area contributed by atoms with Crippen molar-refractivity contribution in [1.82, 2.24) is 14.3 Å². The number of fused-ring (bicyclic) bond motifs is 1. The average molecular weight is 449 g/mol. The molecule has 0 atom stereocenters. The zero-order valence-corrected chi connectivity index (χ0v) is 19.2. The number of amides is 1. The van der Waals surface area contributed by atoms with Gasteiger partial charge in [0.15, 0.2) is 4.96 Å². The van der Waals surface area contributed by atoms with E-state index in [9.17, 15) is 9.18 Å². The Balaban J connectivity index is 1.33. The smallest absolute Gasteiger partial charge is 0.265 e. The van der Waals surface area contributed by atoms with Gasteiger partial charge in [-0.2, -0.15) is 0 Å². The van der Waals surface area contributed by atoms with Crippen LogP contribution < -0.4 is 4.90 Å². The van der Waals surface area contributed by atoms with Gasteiger partial charge in [-0.1, -0.05) is 23.5 Å². The molecule has 1 amide bonds. The van der Waals surface area contributed by atoms with Gasteiger partial charge in [0.2, 0.25) is 0 Å². The normalized spacial score (nSPS) is 14.4. The van der Waals surface area contributed by atoms with Gasteiger partial charge in [-0.15, -0.1) is 0 Å². The molecule has 1 aliphatic rings. The highest BCUT2D eigenvalue weighted by atomic mass is 32.1. The molecule has 0 aliphatic carbocycles. The van der Waals surface area contributed by atoms with E-state index in [1.54, 1.807) is 12.1 Å². The molecule has 7 heteroatoms. The van der Waals surface area contributed by atoms with E-state index in [4.69, 9.17) is 0 Å². The summed E-state index contributed by atoms with van der Waals surface area (Å²) in [6, 6.07) is 12.7. The predicted octanol–water partition coefficient (Wildman–Crippen LogP) is 5.09. The number of benzene rings is 2. The first-order valence-corrected chi connectivity index (χ1v) is 11.6. The molecule has 32 heavy (non-hydrogen) atoms. The van der Waals surface area contributed by atoms with Crippen LogP contribution >= 0.6 is 11.3 Å². The van der Waals surface area contributed by atoms with Crippen LogP contribution in [0.25, 0.3) is 16.2 Å². The number of piperazine rings is 1. The Morgan fingerprint density at radius 1 is 1.00 bits per heavy atom. The highest BCUT2D eigenvalue weighted by Crippen LogP contribution is 2.29. The fourth-order valence-electron chi connectivity index (χ4n) is 4.28. The number of aryl methyl sites for hydroxylation is 2. The summed E-state index contributed by atoms with van der Waals surface area (Å²) in [5.74, 6) is -0.196. The van der Waals surface area contributed by atoms with Gasteiger partial charge in [-0.3, -0.25) is 9.20 Å². The summed E-state index contributed by atoms with van der Waals surface area (Å²) in [5, 5.41) is 0. The molecule has 0 saturated carbocycles. The van der Waals surface area contributed by atoms with Crippen molar-refractivity contribution in [3.05, 3.63) is 76.2 Å². The van der Waals surface area contributed by atoms with Crippen LogP contribution in [0.4, 0.5) is 10.1 Å². The van der Waals surface area contributed by atoms with Crippen LogP contribution in [0.5, 0.6) is 0 Å². The van der Waals surface area contributed by atoms with Crippen molar-refractivity contribution in [2.45, 2.75) is 20.8 Å². The number of halogens is 1. The molecule has 0 unspecified atom stereocenters. The summed E-state index contributed by atoms with van der Waals surface area (Å²) in [5.41, 5.74) is 6.39. The first kappa shape index (κ1) is 20.7. The van der Waals surface area contributed by atoms with Gasteiger partial charge in [0.05, 0.1) is 5.69 Å². The van der Waals surface area contributed by atoms with Crippen molar-refractivity contribution in [2.24, 2.45) is 0 Å². The van der Waals surface area contributed by atoms with Crippen LogP contribution in [-0.2, 0) is 0 Å². The third-order valence-corrected chi connectivity index (χ3v) is 7.52. The Hall–Kier alpha value is -3.19. The SMILES string of the molecule is Cc1cccc(N2CCN(C(=O)c3sc4nc(-c5ccc(F)cc5)cn4c3C)CC2)c1C. The molecule has 164 valence electrons. The average Bonchev–Trinajstić information content (AvgIpc) is 3.35. The molecule has 2 aromatic heterocycles. The highest BCUT2D eigenvalue weighted by Gasteiger charge is 2.27. The molecule has 0 spiro atoms. The molecule has 1 saturated heterocycles. The van der Waals surface area contributed by atoms with Gasteiger partial charge in [0, 0.05) is 49.3 Å².